The van der Waals surface area contributed by atoms with Crippen molar-refractivity contribution >= 4 is 11.3 Å². The van der Waals surface area contributed by atoms with Gasteiger partial charge in [0.25, 0.3) is 0 Å². The molecule has 0 aliphatic carbocycles. The second-order valence-corrected chi connectivity index (χ2v) is 4.59. The van der Waals surface area contributed by atoms with Crippen LogP contribution < -0.4 is 5.32 Å². The van der Waals surface area contributed by atoms with E-state index < -0.39 is 0 Å². The lowest BCUT2D eigenvalue weighted by atomic mass is 10.1. The normalized spacial score (nSPS) is 12.6. The minimum atomic E-state index is 0.487. The van der Waals surface area contributed by atoms with Crippen LogP contribution in [0.1, 0.15) is 43.0 Å². The first kappa shape index (κ1) is 12.4. The summed E-state index contributed by atoms with van der Waals surface area (Å²) in [6.07, 6.45) is 10.2. The lowest BCUT2D eigenvalue weighted by Crippen LogP contribution is -2.14. The van der Waals surface area contributed by atoms with Crippen LogP contribution in [0.15, 0.2) is 24.4 Å². The number of thiazole rings is 1. The molecule has 1 heterocycles. The number of hydrogen-bond acceptors (Lipinski definition) is 3. The zero-order valence-electron chi connectivity index (χ0n) is 9.41. The van der Waals surface area contributed by atoms with Crippen molar-refractivity contribution in [2.45, 2.75) is 38.1 Å². The van der Waals surface area contributed by atoms with Gasteiger partial charge >= 0.3 is 0 Å². The maximum atomic E-state index is 4.11. The van der Waals surface area contributed by atoms with Gasteiger partial charge in [-0.05, 0) is 26.3 Å². The van der Waals surface area contributed by atoms with Gasteiger partial charge in [0.1, 0.15) is 0 Å². The lowest BCUT2D eigenvalue weighted by Gasteiger charge is -2.13. The molecular weight excluding hydrogens is 204 g/mol. The number of aromatic nitrogens is 1. The SMILES string of the molecule is C=CCCCCCC(NC)c1cncs1. The second-order valence-electron chi connectivity index (χ2n) is 3.67. The summed E-state index contributed by atoms with van der Waals surface area (Å²) >= 11 is 1.73. The third-order valence-corrected chi connectivity index (χ3v) is 3.43. The third kappa shape index (κ3) is 4.58. The van der Waals surface area contributed by atoms with Crippen LogP contribution in [0.4, 0.5) is 0 Å². The number of unbranched alkanes of at least 4 members (excludes halogenated alkanes) is 3. The predicted molar refractivity (Wildman–Crippen MR) is 67.2 cm³/mol. The monoisotopic (exact) mass is 224 g/mol. The highest BCUT2D eigenvalue weighted by Gasteiger charge is 2.09. The molecule has 0 radical (unpaired) electrons. The Morgan fingerprint density at radius 2 is 2.40 bits per heavy atom. The molecule has 1 aromatic rings. The average Bonchev–Trinajstić information content (AvgIpc) is 2.77. The first-order valence-corrected chi connectivity index (χ1v) is 6.43. The summed E-state index contributed by atoms with van der Waals surface area (Å²) in [7, 11) is 2.02. The molecule has 0 aliphatic rings. The summed E-state index contributed by atoms with van der Waals surface area (Å²) in [5.74, 6) is 0. The maximum absolute atomic E-state index is 4.11. The molecule has 0 saturated heterocycles. The quantitative estimate of drug-likeness (QED) is 0.539. The summed E-state index contributed by atoms with van der Waals surface area (Å²) in [5, 5.41) is 3.35. The van der Waals surface area contributed by atoms with Crippen LogP contribution in [-0.2, 0) is 0 Å². The van der Waals surface area contributed by atoms with Crippen LogP contribution >= 0.6 is 11.3 Å². The van der Waals surface area contributed by atoms with Gasteiger partial charge in [-0.2, -0.15) is 0 Å². The highest BCUT2D eigenvalue weighted by molar-refractivity contribution is 7.09. The molecule has 0 saturated carbocycles. The molecule has 84 valence electrons. The van der Waals surface area contributed by atoms with Gasteiger partial charge in [0.15, 0.2) is 0 Å². The van der Waals surface area contributed by atoms with Crippen molar-refractivity contribution in [1.29, 1.82) is 0 Å². The van der Waals surface area contributed by atoms with Gasteiger partial charge in [-0.15, -0.1) is 17.9 Å². The largest absolute Gasteiger partial charge is 0.312 e. The molecule has 1 atom stereocenters. The lowest BCUT2D eigenvalue weighted by molar-refractivity contribution is 0.513. The van der Waals surface area contributed by atoms with Crippen molar-refractivity contribution in [2.75, 3.05) is 7.05 Å². The third-order valence-electron chi connectivity index (χ3n) is 2.54. The maximum Gasteiger partial charge on any atom is 0.0794 e. The Labute approximate surface area is 96.4 Å². The fourth-order valence-electron chi connectivity index (χ4n) is 1.64. The molecule has 0 spiro atoms. The first-order chi connectivity index (χ1) is 7.38. The highest BCUT2D eigenvalue weighted by atomic mass is 32.1. The van der Waals surface area contributed by atoms with Gasteiger partial charge in [-0.1, -0.05) is 18.9 Å². The number of hydrogen-bond donors (Lipinski definition) is 1. The molecule has 0 fully saturated rings. The van der Waals surface area contributed by atoms with Crippen molar-refractivity contribution in [1.82, 2.24) is 10.3 Å². The van der Waals surface area contributed by atoms with Crippen LogP contribution in [0.2, 0.25) is 0 Å². The number of nitrogens with one attached hydrogen (secondary N) is 1. The van der Waals surface area contributed by atoms with Gasteiger partial charge in [0.2, 0.25) is 0 Å². The molecule has 1 aromatic heterocycles. The summed E-state index contributed by atoms with van der Waals surface area (Å²) in [5.41, 5.74) is 1.90. The first-order valence-electron chi connectivity index (χ1n) is 5.55. The van der Waals surface area contributed by atoms with Crippen LogP contribution in [0.5, 0.6) is 0 Å². The molecular formula is C12H20N2S. The van der Waals surface area contributed by atoms with E-state index in [0.717, 1.165) is 6.42 Å². The predicted octanol–water partition coefficient (Wildman–Crippen LogP) is 3.54. The fourth-order valence-corrected chi connectivity index (χ4v) is 2.41. The fraction of sp³-hybridized carbons (Fsp3) is 0.583. The van der Waals surface area contributed by atoms with Crippen LogP contribution in [0.25, 0.3) is 0 Å². The summed E-state index contributed by atoms with van der Waals surface area (Å²) < 4.78 is 0. The Morgan fingerprint density at radius 3 is 3.00 bits per heavy atom. The van der Waals surface area contributed by atoms with E-state index >= 15 is 0 Å². The summed E-state index contributed by atoms with van der Waals surface area (Å²) in [6.45, 7) is 3.73. The zero-order valence-corrected chi connectivity index (χ0v) is 10.2. The van der Waals surface area contributed by atoms with Crippen molar-refractivity contribution in [3.63, 3.8) is 0 Å². The Kier molecular flexibility index (Phi) is 6.28. The van der Waals surface area contributed by atoms with Crippen molar-refractivity contribution in [3.05, 3.63) is 29.2 Å². The number of rotatable bonds is 8. The minimum absolute atomic E-state index is 0.487. The van der Waals surface area contributed by atoms with Crippen molar-refractivity contribution < 1.29 is 0 Å². The molecule has 3 heteroatoms. The van der Waals surface area contributed by atoms with Gasteiger partial charge in [0, 0.05) is 17.1 Å². The molecule has 1 N–H and O–H groups in total. The molecule has 15 heavy (non-hydrogen) atoms. The Balaban J connectivity index is 2.20. The molecule has 0 aromatic carbocycles. The van der Waals surface area contributed by atoms with E-state index in [4.69, 9.17) is 0 Å². The van der Waals surface area contributed by atoms with Crippen LogP contribution in [-0.4, -0.2) is 12.0 Å². The smallest absolute Gasteiger partial charge is 0.0794 e. The van der Waals surface area contributed by atoms with E-state index in [9.17, 15) is 0 Å². The molecule has 0 bridgehead atoms. The summed E-state index contributed by atoms with van der Waals surface area (Å²) in [4.78, 5) is 5.46. The van der Waals surface area contributed by atoms with E-state index in [2.05, 4.69) is 16.9 Å². The molecule has 0 aliphatic heterocycles. The van der Waals surface area contributed by atoms with Gasteiger partial charge < -0.3 is 5.32 Å². The minimum Gasteiger partial charge on any atom is -0.312 e. The summed E-state index contributed by atoms with van der Waals surface area (Å²) in [6, 6.07) is 0.487. The Morgan fingerprint density at radius 1 is 1.53 bits per heavy atom. The van der Waals surface area contributed by atoms with Crippen LogP contribution in [0.3, 0.4) is 0 Å². The molecule has 1 unspecified atom stereocenters. The standard InChI is InChI=1S/C12H20N2S/c1-3-4-5-6-7-8-11(13-2)12-9-14-10-15-12/h3,9-11,13H,1,4-8H2,2H3. The van der Waals surface area contributed by atoms with E-state index in [1.165, 1.54) is 30.6 Å². The van der Waals surface area contributed by atoms with Gasteiger partial charge in [0.05, 0.1) is 5.51 Å². The van der Waals surface area contributed by atoms with E-state index in [1.807, 2.05) is 24.8 Å². The van der Waals surface area contributed by atoms with Crippen molar-refractivity contribution in [2.24, 2.45) is 0 Å². The Bertz CT molecular complexity index is 257. The molecule has 0 amide bonds. The van der Waals surface area contributed by atoms with Gasteiger partial charge in [-0.25, -0.2) is 0 Å². The van der Waals surface area contributed by atoms with E-state index in [0.29, 0.717) is 6.04 Å². The number of nitrogens with zero attached hydrogens (tertiary/aromatic N) is 1. The second kappa shape index (κ2) is 7.60. The van der Waals surface area contributed by atoms with Crippen molar-refractivity contribution in [3.8, 4) is 0 Å². The topological polar surface area (TPSA) is 24.9 Å². The molecule has 2 nitrogen and oxygen atoms in total. The number of allylic oxidation sites excluding steroid dienone is 1. The Hall–Kier alpha value is -0.670. The van der Waals surface area contributed by atoms with Crippen LogP contribution in [0, 0.1) is 0 Å². The zero-order chi connectivity index (χ0) is 10.9. The van der Waals surface area contributed by atoms with E-state index in [1.54, 1.807) is 11.3 Å². The van der Waals surface area contributed by atoms with Gasteiger partial charge in [-0.3, -0.25) is 4.98 Å². The highest BCUT2D eigenvalue weighted by Crippen LogP contribution is 2.22. The average molecular weight is 224 g/mol. The van der Waals surface area contributed by atoms with E-state index in [-0.39, 0.29) is 0 Å². The molecule has 1 rings (SSSR count).